The fourth-order valence-electron chi connectivity index (χ4n) is 0.706. The molecular formula is C9H14O4. The second-order valence-electron chi connectivity index (χ2n) is 2.43. The molecule has 1 atom stereocenters. The SMILES string of the molecule is CCOC(=O)/C=C/[C@@H](C)OC(C)=O. The molecular weight excluding hydrogens is 172 g/mol. The quantitative estimate of drug-likeness (QED) is 0.486. The molecule has 0 rings (SSSR count). The molecule has 0 amide bonds. The maximum atomic E-state index is 10.8. The molecule has 0 aliphatic carbocycles. The summed E-state index contributed by atoms with van der Waals surface area (Å²) in [6.07, 6.45) is 2.32. The fraction of sp³-hybridized carbons (Fsp3) is 0.556. The highest BCUT2D eigenvalue weighted by atomic mass is 16.5. The minimum Gasteiger partial charge on any atom is -0.463 e. The molecule has 74 valence electrons. The van der Waals surface area contributed by atoms with Gasteiger partial charge in [0.25, 0.3) is 0 Å². The van der Waals surface area contributed by atoms with Gasteiger partial charge in [0.1, 0.15) is 6.10 Å². The minimum atomic E-state index is -0.429. The number of ether oxygens (including phenoxy) is 2. The average Bonchev–Trinajstić information content (AvgIpc) is 2.00. The summed E-state index contributed by atoms with van der Waals surface area (Å²) in [7, 11) is 0. The molecule has 0 aromatic carbocycles. The predicted molar refractivity (Wildman–Crippen MR) is 47.0 cm³/mol. The van der Waals surface area contributed by atoms with Crippen molar-refractivity contribution in [3.8, 4) is 0 Å². The van der Waals surface area contributed by atoms with E-state index in [1.54, 1.807) is 13.8 Å². The monoisotopic (exact) mass is 186 g/mol. The van der Waals surface area contributed by atoms with Crippen LogP contribution < -0.4 is 0 Å². The number of hydrogen-bond acceptors (Lipinski definition) is 4. The molecule has 4 heteroatoms. The third-order valence-corrected chi connectivity index (χ3v) is 1.14. The van der Waals surface area contributed by atoms with Crippen molar-refractivity contribution in [3.63, 3.8) is 0 Å². The van der Waals surface area contributed by atoms with Crippen molar-refractivity contribution in [3.05, 3.63) is 12.2 Å². The normalized spacial score (nSPS) is 12.5. The van der Waals surface area contributed by atoms with Gasteiger partial charge < -0.3 is 9.47 Å². The molecule has 0 aliphatic heterocycles. The van der Waals surface area contributed by atoms with Crippen LogP contribution in [0.5, 0.6) is 0 Å². The molecule has 0 aliphatic rings. The predicted octanol–water partition coefficient (Wildman–Crippen LogP) is 1.06. The van der Waals surface area contributed by atoms with Crippen LogP contribution in [-0.4, -0.2) is 24.6 Å². The van der Waals surface area contributed by atoms with Crippen LogP contribution in [0.4, 0.5) is 0 Å². The molecule has 0 aromatic rings. The van der Waals surface area contributed by atoms with Gasteiger partial charge in [0.15, 0.2) is 0 Å². The Balaban J connectivity index is 3.82. The molecule has 0 radical (unpaired) electrons. The van der Waals surface area contributed by atoms with Crippen molar-refractivity contribution in [2.45, 2.75) is 26.9 Å². The van der Waals surface area contributed by atoms with E-state index in [4.69, 9.17) is 4.74 Å². The molecule has 4 nitrogen and oxygen atoms in total. The van der Waals surface area contributed by atoms with Crippen LogP contribution in [-0.2, 0) is 19.1 Å². The summed E-state index contributed by atoms with van der Waals surface area (Å²) < 4.78 is 9.38. The summed E-state index contributed by atoms with van der Waals surface area (Å²) in [5.74, 6) is -0.803. The van der Waals surface area contributed by atoms with Crippen molar-refractivity contribution in [1.82, 2.24) is 0 Å². The average molecular weight is 186 g/mol. The van der Waals surface area contributed by atoms with Crippen LogP contribution in [0.1, 0.15) is 20.8 Å². The maximum absolute atomic E-state index is 10.8. The molecule has 0 bridgehead atoms. The molecule has 0 saturated carbocycles. The first-order valence-corrected chi connectivity index (χ1v) is 4.08. The zero-order valence-electron chi connectivity index (χ0n) is 8.07. The first-order chi connectivity index (χ1) is 6.06. The molecule has 0 aromatic heterocycles. The zero-order chi connectivity index (χ0) is 10.3. The van der Waals surface area contributed by atoms with Gasteiger partial charge in [-0.2, -0.15) is 0 Å². The molecule has 0 spiro atoms. The highest BCUT2D eigenvalue weighted by Gasteiger charge is 2.01. The Morgan fingerprint density at radius 1 is 1.46 bits per heavy atom. The Bertz CT molecular complexity index is 208. The summed E-state index contributed by atoms with van der Waals surface area (Å²) in [5.41, 5.74) is 0. The summed E-state index contributed by atoms with van der Waals surface area (Å²) in [6.45, 7) is 5.04. The summed E-state index contributed by atoms with van der Waals surface area (Å²) in [5, 5.41) is 0. The van der Waals surface area contributed by atoms with Crippen molar-refractivity contribution in [2.24, 2.45) is 0 Å². The van der Waals surface area contributed by atoms with Crippen LogP contribution >= 0.6 is 0 Å². The number of carbonyl (C=O) groups is 2. The van der Waals surface area contributed by atoms with E-state index < -0.39 is 12.1 Å². The van der Waals surface area contributed by atoms with Crippen LogP contribution in [0.25, 0.3) is 0 Å². The van der Waals surface area contributed by atoms with Crippen LogP contribution in [0.15, 0.2) is 12.2 Å². The topological polar surface area (TPSA) is 52.6 Å². The van der Waals surface area contributed by atoms with Crippen molar-refractivity contribution in [1.29, 1.82) is 0 Å². The lowest BCUT2D eigenvalue weighted by Gasteiger charge is -2.05. The molecule has 0 unspecified atom stereocenters. The summed E-state index contributed by atoms with van der Waals surface area (Å²) in [6, 6.07) is 0. The zero-order valence-corrected chi connectivity index (χ0v) is 8.07. The van der Waals surface area contributed by atoms with E-state index in [1.807, 2.05) is 0 Å². The second-order valence-corrected chi connectivity index (χ2v) is 2.43. The van der Waals surface area contributed by atoms with E-state index in [-0.39, 0.29) is 5.97 Å². The lowest BCUT2D eigenvalue weighted by atomic mass is 10.3. The Labute approximate surface area is 77.5 Å². The van der Waals surface area contributed by atoms with Gasteiger partial charge in [0, 0.05) is 13.0 Å². The van der Waals surface area contributed by atoms with Crippen molar-refractivity contribution >= 4 is 11.9 Å². The number of hydrogen-bond donors (Lipinski definition) is 0. The Hall–Kier alpha value is -1.32. The highest BCUT2D eigenvalue weighted by Crippen LogP contribution is 1.94. The van der Waals surface area contributed by atoms with Gasteiger partial charge >= 0.3 is 11.9 Å². The van der Waals surface area contributed by atoms with Gasteiger partial charge in [-0.3, -0.25) is 4.79 Å². The minimum absolute atomic E-state index is 0.338. The van der Waals surface area contributed by atoms with Gasteiger partial charge in [0.05, 0.1) is 6.61 Å². The highest BCUT2D eigenvalue weighted by molar-refractivity contribution is 5.82. The van der Waals surface area contributed by atoms with E-state index in [0.29, 0.717) is 6.61 Å². The lowest BCUT2D eigenvalue weighted by molar-refractivity contribution is -0.144. The summed E-state index contributed by atoms with van der Waals surface area (Å²) >= 11 is 0. The number of carbonyl (C=O) groups excluding carboxylic acids is 2. The van der Waals surface area contributed by atoms with Gasteiger partial charge in [0.2, 0.25) is 0 Å². The van der Waals surface area contributed by atoms with Crippen LogP contribution in [0.3, 0.4) is 0 Å². The third-order valence-electron chi connectivity index (χ3n) is 1.14. The second kappa shape index (κ2) is 6.22. The Morgan fingerprint density at radius 3 is 2.54 bits per heavy atom. The van der Waals surface area contributed by atoms with E-state index in [9.17, 15) is 9.59 Å². The van der Waals surface area contributed by atoms with Gasteiger partial charge in [-0.15, -0.1) is 0 Å². The molecule has 0 heterocycles. The molecule has 0 fully saturated rings. The van der Waals surface area contributed by atoms with Crippen LogP contribution in [0, 0.1) is 0 Å². The standard InChI is InChI=1S/C9H14O4/c1-4-12-9(11)6-5-7(2)13-8(3)10/h5-7H,4H2,1-3H3/b6-5+/t7-/m1/s1. The van der Waals surface area contributed by atoms with Gasteiger partial charge in [-0.1, -0.05) is 0 Å². The molecule has 0 saturated heterocycles. The molecule has 0 N–H and O–H groups in total. The Morgan fingerprint density at radius 2 is 2.08 bits per heavy atom. The van der Waals surface area contributed by atoms with Gasteiger partial charge in [-0.25, -0.2) is 4.79 Å². The van der Waals surface area contributed by atoms with Crippen LogP contribution in [0.2, 0.25) is 0 Å². The van der Waals surface area contributed by atoms with E-state index >= 15 is 0 Å². The fourth-order valence-corrected chi connectivity index (χ4v) is 0.706. The first-order valence-electron chi connectivity index (χ1n) is 4.08. The Kier molecular flexibility index (Phi) is 5.59. The maximum Gasteiger partial charge on any atom is 0.330 e. The first kappa shape index (κ1) is 11.7. The van der Waals surface area contributed by atoms with E-state index in [2.05, 4.69) is 4.74 Å². The van der Waals surface area contributed by atoms with Crippen molar-refractivity contribution < 1.29 is 19.1 Å². The number of rotatable bonds is 4. The smallest absolute Gasteiger partial charge is 0.330 e. The lowest BCUT2D eigenvalue weighted by Crippen LogP contribution is -2.10. The van der Waals surface area contributed by atoms with E-state index in [0.717, 1.165) is 0 Å². The largest absolute Gasteiger partial charge is 0.463 e. The third kappa shape index (κ3) is 7.05. The summed E-state index contributed by atoms with van der Waals surface area (Å²) in [4.78, 5) is 21.2. The molecule has 13 heavy (non-hydrogen) atoms. The van der Waals surface area contributed by atoms with Gasteiger partial charge in [-0.05, 0) is 19.9 Å². The number of esters is 2. The van der Waals surface area contributed by atoms with Crippen molar-refractivity contribution in [2.75, 3.05) is 6.61 Å². The van der Waals surface area contributed by atoms with E-state index in [1.165, 1.54) is 19.1 Å².